The highest BCUT2D eigenvalue weighted by atomic mass is 15.4. The second-order valence-electron chi connectivity index (χ2n) is 4.71. The van der Waals surface area contributed by atoms with Crippen molar-refractivity contribution in [2.75, 3.05) is 0 Å². The first-order chi connectivity index (χ1) is 8.65. The van der Waals surface area contributed by atoms with E-state index in [1.807, 2.05) is 34.9 Å². The maximum Gasteiger partial charge on any atom is 0.110 e. The molecule has 0 saturated heterocycles. The van der Waals surface area contributed by atoms with Crippen molar-refractivity contribution in [3.8, 4) is 0 Å². The molecule has 0 saturated carbocycles. The summed E-state index contributed by atoms with van der Waals surface area (Å²) in [5.74, 6) is 1.06. The van der Waals surface area contributed by atoms with E-state index in [0.717, 1.165) is 31.0 Å². The van der Waals surface area contributed by atoms with Crippen LogP contribution in [0.2, 0.25) is 0 Å². The molecule has 0 spiro atoms. The van der Waals surface area contributed by atoms with Gasteiger partial charge < -0.3 is 9.88 Å². The van der Waals surface area contributed by atoms with Gasteiger partial charge in [-0.25, -0.2) is 4.98 Å². The second-order valence-corrected chi connectivity index (χ2v) is 4.71. The number of imidazole rings is 1. The Morgan fingerprint density at radius 2 is 2.22 bits per heavy atom. The number of aryl methyl sites for hydroxylation is 3. The van der Waals surface area contributed by atoms with Gasteiger partial charge in [0.2, 0.25) is 0 Å². The summed E-state index contributed by atoms with van der Waals surface area (Å²) >= 11 is 0. The summed E-state index contributed by atoms with van der Waals surface area (Å²) in [6.45, 7) is 5.80. The Morgan fingerprint density at radius 3 is 2.89 bits per heavy atom. The maximum atomic E-state index is 4.29. The van der Waals surface area contributed by atoms with Crippen molar-refractivity contribution in [1.82, 2.24) is 29.9 Å². The molecule has 2 aromatic heterocycles. The van der Waals surface area contributed by atoms with Crippen LogP contribution in [0.5, 0.6) is 0 Å². The number of rotatable bonds is 6. The molecule has 0 bridgehead atoms. The fourth-order valence-electron chi connectivity index (χ4n) is 1.69. The first-order valence-electron chi connectivity index (χ1n) is 6.23. The molecule has 18 heavy (non-hydrogen) atoms. The number of hydrogen-bond donors (Lipinski definition) is 1. The van der Waals surface area contributed by atoms with E-state index in [4.69, 9.17) is 0 Å². The first-order valence-corrected chi connectivity index (χ1v) is 6.23. The van der Waals surface area contributed by atoms with E-state index in [1.54, 1.807) is 0 Å². The molecule has 2 rings (SSSR count). The van der Waals surface area contributed by atoms with Gasteiger partial charge in [-0.1, -0.05) is 19.1 Å². The van der Waals surface area contributed by atoms with E-state index < -0.39 is 0 Å². The number of nitrogens with zero attached hydrogens (tertiary/aromatic N) is 5. The summed E-state index contributed by atoms with van der Waals surface area (Å²) < 4.78 is 3.89. The lowest BCUT2D eigenvalue weighted by molar-refractivity contribution is 0.568. The van der Waals surface area contributed by atoms with Crippen LogP contribution in [0.3, 0.4) is 0 Å². The quantitative estimate of drug-likeness (QED) is 0.819. The van der Waals surface area contributed by atoms with Crippen LogP contribution in [0.4, 0.5) is 0 Å². The molecule has 0 aliphatic carbocycles. The average Bonchev–Trinajstić information content (AvgIpc) is 2.93. The Morgan fingerprint density at radius 1 is 1.39 bits per heavy atom. The average molecular weight is 248 g/mol. The zero-order chi connectivity index (χ0) is 13.0. The van der Waals surface area contributed by atoms with Gasteiger partial charge in [0.05, 0.1) is 5.69 Å². The van der Waals surface area contributed by atoms with Crippen molar-refractivity contribution in [2.24, 2.45) is 7.05 Å². The summed E-state index contributed by atoms with van der Waals surface area (Å²) in [5.41, 5.74) is 0.976. The van der Waals surface area contributed by atoms with Crippen LogP contribution in [0.25, 0.3) is 0 Å². The second kappa shape index (κ2) is 5.77. The van der Waals surface area contributed by atoms with Gasteiger partial charge in [-0.3, -0.25) is 4.68 Å². The van der Waals surface area contributed by atoms with Crippen LogP contribution in [-0.4, -0.2) is 30.6 Å². The summed E-state index contributed by atoms with van der Waals surface area (Å²) in [6, 6.07) is 0.461. The van der Waals surface area contributed by atoms with Crippen molar-refractivity contribution >= 4 is 0 Å². The third-order valence-electron chi connectivity index (χ3n) is 2.76. The van der Waals surface area contributed by atoms with E-state index in [2.05, 4.69) is 34.5 Å². The molecule has 98 valence electrons. The minimum atomic E-state index is 0.461. The molecule has 0 aliphatic rings. The van der Waals surface area contributed by atoms with Crippen LogP contribution >= 0.6 is 0 Å². The molecular formula is C12H20N6. The topological polar surface area (TPSA) is 60.6 Å². The van der Waals surface area contributed by atoms with Crippen molar-refractivity contribution in [3.63, 3.8) is 0 Å². The highest BCUT2D eigenvalue weighted by Gasteiger charge is 2.03. The first kappa shape index (κ1) is 12.8. The van der Waals surface area contributed by atoms with E-state index in [0.29, 0.717) is 6.04 Å². The van der Waals surface area contributed by atoms with Crippen LogP contribution in [0.15, 0.2) is 18.6 Å². The number of aromatic nitrogens is 5. The maximum absolute atomic E-state index is 4.29. The van der Waals surface area contributed by atoms with Gasteiger partial charge in [-0.15, -0.1) is 5.10 Å². The van der Waals surface area contributed by atoms with Gasteiger partial charge in [0.1, 0.15) is 5.82 Å². The molecule has 0 aromatic carbocycles. The lowest BCUT2D eigenvalue weighted by Crippen LogP contribution is -2.21. The van der Waals surface area contributed by atoms with Crippen LogP contribution in [-0.2, 0) is 26.6 Å². The monoisotopic (exact) mass is 248 g/mol. The largest absolute Gasteiger partial charge is 0.338 e. The van der Waals surface area contributed by atoms with E-state index in [9.17, 15) is 0 Å². The zero-order valence-electron chi connectivity index (χ0n) is 11.2. The van der Waals surface area contributed by atoms with Gasteiger partial charge in [0.15, 0.2) is 0 Å². The SMILES string of the molecule is CC(C)NCc1cn(CCc2nccn2C)nn1. The van der Waals surface area contributed by atoms with E-state index >= 15 is 0 Å². The zero-order valence-corrected chi connectivity index (χ0v) is 11.2. The lowest BCUT2D eigenvalue weighted by Gasteiger charge is -2.04. The predicted molar refractivity (Wildman–Crippen MR) is 68.9 cm³/mol. The molecule has 2 aromatic rings. The van der Waals surface area contributed by atoms with E-state index in [1.165, 1.54) is 0 Å². The third-order valence-corrected chi connectivity index (χ3v) is 2.76. The molecule has 0 atom stereocenters. The Bertz CT molecular complexity index is 484. The Labute approximate surface area is 107 Å². The smallest absolute Gasteiger partial charge is 0.110 e. The number of hydrogen-bond acceptors (Lipinski definition) is 4. The van der Waals surface area contributed by atoms with Crippen LogP contribution in [0.1, 0.15) is 25.4 Å². The molecule has 1 N–H and O–H groups in total. The third kappa shape index (κ3) is 3.40. The summed E-state index contributed by atoms with van der Waals surface area (Å²) in [4.78, 5) is 4.29. The predicted octanol–water partition coefficient (Wildman–Crippen LogP) is 0.752. The molecule has 0 unspecified atom stereocenters. The molecular weight excluding hydrogens is 228 g/mol. The minimum absolute atomic E-state index is 0.461. The van der Waals surface area contributed by atoms with Gasteiger partial charge in [-0.05, 0) is 0 Å². The Hall–Kier alpha value is -1.69. The van der Waals surface area contributed by atoms with Gasteiger partial charge >= 0.3 is 0 Å². The summed E-state index contributed by atoms with van der Waals surface area (Å²) in [5, 5.41) is 11.6. The standard InChI is InChI=1S/C12H20N6/c1-10(2)14-8-11-9-18(16-15-11)6-4-12-13-5-7-17(12)3/h5,7,9-10,14H,4,6,8H2,1-3H3. The summed E-state index contributed by atoms with van der Waals surface area (Å²) in [7, 11) is 2.00. The molecule has 2 heterocycles. The van der Waals surface area contributed by atoms with Crippen molar-refractivity contribution in [3.05, 3.63) is 30.1 Å². The fourth-order valence-corrected chi connectivity index (χ4v) is 1.69. The molecule has 0 radical (unpaired) electrons. The summed E-state index contributed by atoms with van der Waals surface area (Å²) in [6.07, 6.45) is 6.62. The Kier molecular flexibility index (Phi) is 4.09. The van der Waals surface area contributed by atoms with Gasteiger partial charge in [0.25, 0.3) is 0 Å². The number of nitrogens with one attached hydrogen (secondary N) is 1. The lowest BCUT2D eigenvalue weighted by atomic mass is 10.3. The van der Waals surface area contributed by atoms with Gasteiger partial charge in [0, 0.05) is 51.2 Å². The van der Waals surface area contributed by atoms with Crippen LogP contribution < -0.4 is 5.32 Å². The van der Waals surface area contributed by atoms with Gasteiger partial charge in [-0.2, -0.15) is 0 Å². The normalized spacial score (nSPS) is 11.3. The Balaban J connectivity index is 1.85. The highest BCUT2D eigenvalue weighted by Crippen LogP contribution is 1.99. The molecule has 0 fully saturated rings. The minimum Gasteiger partial charge on any atom is -0.338 e. The fraction of sp³-hybridized carbons (Fsp3) is 0.583. The molecule has 0 amide bonds. The molecule has 6 nitrogen and oxygen atoms in total. The van der Waals surface area contributed by atoms with Crippen LogP contribution in [0, 0.1) is 0 Å². The highest BCUT2D eigenvalue weighted by molar-refractivity contribution is 4.94. The van der Waals surface area contributed by atoms with Crippen molar-refractivity contribution in [1.29, 1.82) is 0 Å². The molecule has 0 aliphatic heterocycles. The van der Waals surface area contributed by atoms with E-state index in [-0.39, 0.29) is 0 Å². The molecule has 6 heteroatoms. The van der Waals surface area contributed by atoms with Crippen molar-refractivity contribution in [2.45, 2.75) is 39.4 Å². The van der Waals surface area contributed by atoms with Crippen molar-refractivity contribution < 1.29 is 0 Å².